The van der Waals surface area contributed by atoms with E-state index in [4.69, 9.17) is 16.3 Å². The summed E-state index contributed by atoms with van der Waals surface area (Å²) in [6.45, 7) is 0. The molecule has 0 aromatic rings. The van der Waals surface area contributed by atoms with E-state index >= 15 is 0 Å². The molecule has 4 atom stereocenters. The van der Waals surface area contributed by atoms with Gasteiger partial charge < -0.3 is 9.84 Å². The number of aliphatic hydroxyl groups excluding tert-OH is 1. The molecule has 2 heterocycles. The summed E-state index contributed by atoms with van der Waals surface area (Å²) >= 11 is 5.63. The number of rotatable bonds is 0. The van der Waals surface area contributed by atoms with Crippen molar-refractivity contribution in [2.45, 2.75) is 23.7 Å². The third kappa shape index (κ3) is 0.922. The number of ether oxygens (including phenoxy) is 1. The lowest BCUT2D eigenvalue weighted by atomic mass is 10.0. The van der Waals surface area contributed by atoms with E-state index in [9.17, 15) is 9.90 Å². The first-order valence-electron chi connectivity index (χ1n) is 3.40. The van der Waals surface area contributed by atoms with E-state index in [1.54, 1.807) is 12.2 Å². The molecule has 1 fully saturated rings. The van der Waals surface area contributed by atoms with E-state index in [1.807, 2.05) is 0 Å². The highest BCUT2D eigenvalue weighted by Crippen LogP contribution is 2.27. The van der Waals surface area contributed by atoms with Crippen LogP contribution in [0.4, 0.5) is 0 Å². The van der Waals surface area contributed by atoms with Crippen molar-refractivity contribution < 1.29 is 14.6 Å². The molecule has 11 heavy (non-hydrogen) atoms. The van der Waals surface area contributed by atoms with Gasteiger partial charge in [-0.3, -0.25) is 4.79 Å². The predicted octanol–water partition coefficient (Wildman–Crippen LogP) is -0.139. The van der Waals surface area contributed by atoms with E-state index in [0.717, 1.165) is 0 Å². The van der Waals surface area contributed by atoms with Crippen molar-refractivity contribution in [3.05, 3.63) is 12.2 Å². The van der Waals surface area contributed by atoms with Crippen LogP contribution in [0.2, 0.25) is 0 Å². The fourth-order valence-corrected chi connectivity index (χ4v) is 1.59. The maximum atomic E-state index is 11.1. The van der Waals surface area contributed by atoms with Crippen LogP contribution in [0, 0.1) is 0 Å². The maximum Gasteiger partial charge on any atom is 0.186 e. The molecule has 1 N–H and O–H groups in total. The van der Waals surface area contributed by atoms with Crippen molar-refractivity contribution in [1.29, 1.82) is 0 Å². The number of Topliss-reactive ketones (excluding diaryl/α,β-unsaturated/α-hetero) is 1. The van der Waals surface area contributed by atoms with Gasteiger partial charge in [0.05, 0.1) is 0 Å². The van der Waals surface area contributed by atoms with Crippen LogP contribution >= 0.6 is 11.6 Å². The first-order chi connectivity index (χ1) is 5.20. The average molecular weight is 175 g/mol. The molecule has 4 heteroatoms. The molecule has 60 valence electrons. The number of aliphatic hydroxyl groups is 1. The molecule has 2 bridgehead atoms. The molecule has 0 aromatic heterocycles. The lowest BCUT2D eigenvalue weighted by molar-refractivity contribution is -0.142. The Kier molecular flexibility index (Phi) is 1.52. The number of hydrogen-bond donors (Lipinski definition) is 1. The second-order valence-electron chi connectivity index (χ2n) is 2.70. The number of alkyl halides is 1. The van der Waals surface area contributed by atoms with Crippen LogP contribution in [0.5, 0.6) is 0 Å². The molecule has 3 nitrogen and oxygen atoms in total. The monoisotopic (exact) mass is 174 g/mol. The van der Waals surface area contributed by atoms with E-state index in [0.29, 0.717) is 0 Å². The smallest absolute Gasteiger partial charge is 0.186 e. The highest BCUT2D eigenvalue weighted by atomic mass is 35.5. The molecule has 0 amide bonds. The maximum absolute atomic E-state index is 11.1. The minimum atomic E-state index is -0.890. The zero-order chi connectivity index (χ0) is 8.01. The van der Waals surface area contributed by atoms with Crippen molar-refractivity contribution in [2.24, 2.45) is 0 Å². The normalized spacial score (nSPS) is 48.4. The molecule has 2 aliphatic heterocycles. The zero-order valence-electron chi connectivity index (χ0n) is 5.61. The number of fused-ring (bicyclic) bond motifs is 2. The highest BCUT2D eigenvalue weighted by molar-refractivity contribution is 6.32. The summed E-state index contributed by atoms with van der Waals surface area (Å²) < 4.78 is 5.10. The summed E-state index contributed by atoms with van der Waals surface area (Å²) in [5, 5.41) is 8.49. The number of ketones is 1. The fourth-order valence-electron chi connectivity index (χ4n) is 1.32. The largest absolute Gasteiger partial charge is 0.388 e. The van der Waals surface area contributed by atoms with Crippen molar-refractivity contribution in [2.75, 3.05) is 0 Å². The van der Waals surface area contributed by atoms with Crippen LogP contribution < -0.4 is 0 Å². The number of halogens is 1. The molecular formula is C7H7ClO3. The lowest BCUT2D eigenvalue weighted by Gasteiger charge is -2.28. The molecule has 0 saturated carbocycles. The van der Waals surface area contributed by atoms with E-state index < -0.39 is 17.6 Å². The van der Waals surface area contributed by atoms with Gasteiger partial charge in [0.15, 0.2) is 5.78 Å². The molecule has 0 radical (unpaired) electrons. The SMILES string of the molecule is O=C1[C@@H](Cl)[C@H](O)[C@@H]2C=C[C@H]1O2. The quantitative estimate of drug-likeness (QED) is 0.411. The van der Waals surface area contributed by atoms with Crippen LogP contribution in [-0.4, -0.2) is 34.6 Å². The van der Waals surface area contributed by atoms with E-state index in [1.165, 1.54) is 0 Å². The van der Waals surface area contributed by atoms with Crippen molar-refractivity contribution >= 4 is 17.4 Å². The molecule has 0 unspecified atom stereocenters. The van der Waals surface area contributed by atoms with Gasteiger partial charge in [-0.2, -0.15) is 0 Å². The molecule has 0 aliphatic carbocycles. The molecule has 2 rings (SSSR count). The Morgan fingerprint density at radius 3 is 3.00 bits per heavy atom. The van der Waals surface area contributed by atoms with Crippen LogP contribution in [0.25, 0.3) is 0 Å². The topological polar surface area (TPSA) is 46.5 Å². The summed E-state index contributed by atoms with van der Waals surface area (Å²) in [4.78, 5) is 11.1. The Balaban J connectivity index is 2.29. The Morgan fingerprint density at radius 1 is 1.55 bits per heavy atom. The van der Waals surface area contributed by atoms with Crippen molar-refractivity contribution in [1.82, 2.24) is 0 Å². The third-order valence-corrected chi connectivity index (χ3v) is 2.44. The second-order valence-corrected chi connectivity index (χ2v) is 3.17. The highest BCUT2D eigenvalue weighted by Gasteiger charge is 2.44. The Morgan fingerprint density at radius 2 is 2.27 bits per heavy atom. The molecular weight excluding hydrogens is 168 g/mol. The summed E-state index contributed by atoms with van der Waals surface area (Å²) in [5.41, 5.74) is 0. The Labute approximate surface area is 68.6 Å². The Bertz CT molecular complexity index is 226. The summed E-state index contributed by atoms with van der Waals surface area (Å²) in [6.07, 6.45) is 1.51. The van der Waals surface area contributed by atoms with Crippen LogP contribution in [0.1, 0.15) is 0 Å². The number of hydrogen-bond acceptors (Lipinski definition) is 3. The molecule has 0 spiro atoms. The van der Waals surface area contributed by atoms with Gasteiger partial charge in [-0.15, -0.1) is 11.6 Å². The molecule has 1 saturated heterocycles. The van der Waals surface area contributed by atoms with Gasteiger partial charge >= 0.3 is 0 Å². The van der Waals surface area contributed by atoms with Gasteiger partial charge in [0.25, 0.3) is 0 Å². The standard InChI is InChI=1S/C7H7ClO3/c8-5-6(9)3-1-2-4(11-3)7(5)10/h1-6,9H/t3-,4+,5-,6+/m0/s1. The van der Waals surface area contributed by atoms with Crippen LogP contribution in [-0.2, 0) is 9.53 Å². The van der Waals surface area contributed by atoms with Gasteiger partial charge in [-0.25, -0.2) is 0 Å². The van der Waals surface area contributed by atoms with Gasteiger partial charge in [-0.1, -0.05) is 6.08 Å². The number of carbonyl (C=O) groups excluding carboxylic acids is 1. The molecule has 2 aliphatic rings. The minimum absolute atomic E-state index is 0.246. The van der Waals surface area contributed by atoms with E-state index in [2.05, 4.69) is 0 Å². The summed E-state index contributed by atoms with van der Waals surface area (Å²) in [6, 6.07) is 0. The first-order valence-corrected chi connectivity index (χ1v) is 3.83. The fraction of sp³-hybridized carbons (Fsp3) is 0.571. The molecule has 0 aromatic carbocycles. The van der Waals surface area contributed by atoms with Crippen LogP contribution in [0.15, 0.2) is 12.2 Å². The second kappa shape index (κ2) is 2.30. The zero-order valence-corrected chi connectivity index (χ0v) is 6.36. The third-order valence-electron chi connectivity index (χ3n) is 1.97. The Hall–Kier alpha value is -0.380. The predicted molar refractivity (Wildman–Crippen MR) is 38.5 cm³/mol. The van der Waals surface area contributed by atoms with Crippen molar-refractivity contribution in [3.8, 4) is 0 Å². The van der Waals surface area contributed by atoms with Crippen LogP contribution in [0.3, 0.4) is 0 Å². The van der Waals surface area contributed by atoms with Gasteiger partial charge in [0, 0.05) is 0 Å². The summed E-state index contributed by atoms with van der Waals surface area (Å²) in [7, 11) is 0. The van der Waals surface area contributed by atoms with Gasteiger partial charge in [0.2, 0.25) is 0 Å². The van der Waals surface area contributed by atoms with E-state index in [-0.39, 0.29) is 11.9 Å². The van der Waals surface area contributed by atoms with Gasteiger partial charge in [-0.05, 0) is 6.08 Å². The first kappa shape index (κ1) is 7.28. The lowest BCUT2D eigenvalue weighted by Crippen LogP contribution is -2.48. The van der Waals surface area contributed by atoms with Gasteiger partial charge in [0.1, 0.15) is 23.7 Å². The number of carbonyl (C=O) groups is 1. The minimum Gasteiger partial charge on any atom is -0.388 e. The van der Waals surface area contributed by atoms with Crippen molar-refractivity contribution in [3.63, 3.8) is 0 Å². The average Bonchev–Trinajstić information content (AvgIpc) is 2.44. The summed E-state index contributed by atoms with van der Waals surface area (Å²) in [5.74, 6) is -0.246.